The molecule has 6 nitrogen and oxygen atoms in total. The van der Waals surface area contributed by atoms with E-state index in [1.807, 2.05) is 6.07 Å². The summed E-state index contributed by atoms with van der Waals surface area (Å²) >= 11 is 6.21. The van der Waals surface area contributed by atoms with Gasteiger partial charge in [-0.05, 0) is 54.2 Å². The van der Waals surface area contributed by atoms with Crippen molar-refractivity contribution in [3.63, 3.8) is 0 Å². The monoisotopic (exact) mass is 449 g/mol. The van der Waals surface area contributed by atoms with Gasteiger partial charge in [0.1, 0.15) is 0 Å². The van der Waals surface area contributed by atoms with Crippen LogP contribution in [0.1, 0.15) is 42.0 Å². The summed E-state index contributed by atoms with van der Waals surface area (Å²) in [7, 11) is -2.33. The zero-order valence-corrected chi connectivity index (χ0v) is 18.3. The Kier molecular flexibility index (Phi) is 7.15. The van der Waals surface area contributed by atoms with E-state index in [-0.39, 0.29) is 23.5 Å². The van der Waals surface area contributed by atoms with Crippen molar-refractivity contribution in [1.29, 1.82) is 0 Å². The van der Waals surface area contributed by atoms with E-state index in [9.17, 15) is 18.0 Å². The molecule has 0 spiro atoms. The number of benzene rings is 2. The molecule has 1 aliphatic rings. The van der Waals surface area contributed by atoms with Crippen molar-refractivity contribution in [2.75, 3.05) is 12.9 Å². The molecular weight excluding hydrogens is 426 g/mol. The smallest absolute Gasteiger partial charge is 0.307 e. The molecule has 0 saturated heterocycles. The molecule has 0 bridgehead atoms. The quantitative estimate of drug-likeness (QED) is 0.624. The van der Waals surface area contributed by atoms with E-state index in [2.05, 4.69) is 5.32 Å². The van der Waals surface area contributed by atoms with Gasteiger partial charge in [0, 0.05) is 11.4 Å². The molecular formula is C22H24ClNO5S. The molecule has 0 saturated carbocycles. The SMILES string of the molecule is COC(=O)CC(NC(=O)CCS(=O)(=O)c1ccc2c(c1)CCC2)c1ccccc1Cl. The van der Waals surface area contributed by atoms with Crippen molar-refractivity contribution in [2.45, 2.75) is 43.0 Å². The van der Waals surface area contributed by atoms with Crippen LogP contribution in [-0.2, 0) is 37.0 Å². The molecule has 1 aliphatic carbocycles. The average Bonchev–Trinajstić information content (AvgIpc) is 3.20. The molecule has 30 heavy (non-hydrogen) atoms. The third-order valence-electron chi connectivity index (χ3n) is 5.24. The summed E-state index contributed by atoms with van der Waals surface area (Å²) in [5.41, 5.74) is 2.83. The zero-order chi connectivity index (χ0) is 21.7. The van der Waals surface area contributed by atoms with Gasteiger partial charge in [-0.3, -0.25) is 9.59 Å². The standard InChI is InChI=1S/C22H24ClNO5S/c1-29-22(26)14-20(18-7-2-3-8-19(18)23)24-21(25)11-12-30(27,28)17-10-9-15-5-4-6-16(15)13-17/h2-3,7-10,13,20H,4-6,11-12,14H2,1H3,(H,24,25). The molecule has 1 N–H and O–H groups in total. The second-order valence-electron chi connectivity index (χ2n) is 7.27. The second kappa shape index (κ2) is 9.62. The highest BCUT2D eigenvalue weighted by molar-refractivity contribution is 7.91. The molecule has 0 fully saturated rings. The molecule has 1 atom stereocenters. The number of carbonyl (C=O) groups is 2. The Morgan fingerprint density at radius 1 is 1.13 bits per heavy atom. The van der Waals surface area contributed by atoms with Crippen LogP contribution in [0.4, 0.5) is 0 Å². The van der Waals surface area contributed by atoms with E-state index in [0.717, 1.165) is 24.8 Å². The lowest BCUT2D eigenvalue weighted by Crippen LogP contribution is -2.31. The Hall–Kier alpha value is -2.38. The largest absolute Gasteiger partial charge is 0.469 e. The predicted octanol–water partition coefficient (Wildman–Crippen LogP) is 3.41. The number of halogens is 1. The molecule has 0 radical (unpaired) electrons. The summed E-state index contributed by atoms with van der Waals surface area (Å²) in [6.45, 7) is 0. The number of nitrogens with one attached hydrogen (secondary N) is 1. The number of carbonyl (C=O) groups excluding carboxylic acids is 2. The fourth-order valence-electron chi connectivity index (χ4n) is 3.60. The van der Waals surface area contributed by atoms with Crippen molar-refractivity contribution in [3.05, 3.63) is 64.2 Å². The third kappa shape index (κ3) is 5.40. The summed E-state index contributed by atoms with van der Waals surface area (Å²) in [5.74, 6) is -1.30. The molecule has 0 aliphatic heterocycles. The lowest BCUT2D eigenvalue weighted by atomic mass is 10.0. The first kappa shape index (κ1) is 22.3. The van der Waals surface area contributed by atoms with Crippen molar-refractivity contribution in [3.8, 4) is 0 Å². The maximum atomic E-state index is 12.7. The Balaban J connectivity index is 1.67. The van der Waals surface area contributed by atoms with Gasteiger partial charge in [-0.15, -0.1) is 0 Å². The topological polar surface area (TPSA) is 89.5 Å². The molecule has 0 aromatic heterocycles. The fraction of sp³-hybridized carbons (Fsp3) is 0.364. The molecule has 0 heterocycles. The zero-order valence-electron chi connectivity index (χ0n) is 16.7. The van der Waals surface area contributed by atoms with Gasteiger partial charge in [-0.2, -0.15) is 0 Å². The Morgan fingerprint density at radius 3 is 2.60 bits per heavy atom. The number of hydrogen-bond acceptors (Lipinski definition) is 5. The summed E-state index contributed by atoms with van der Waals surface area (Å²) in [5, 5.41) is 3.12. The molecule has 3 rings (SSSR count). The normalized spacial score (nSPS) is 14.1. The van der Waals surface area contributed by atoms with Crippen LogP contribution in [-0.4, -0.2) is 33.2 Å². The van der Waals surface area contributed by atoms with Crippen LogP contribution in [0.5, 0.6) is 0 Å². The maximum absolute atomic E-state index is 12.7. The van der Waals surface area contributed by atoms with E-state index in [0.29, 0.717) is 10.6 Å². The lowest BCUT2D eigenvalue weighted by Gasteiger charge is -2.19. The van der Waals surface area contributed by atoms with Crippen LogP contribution in [0.25, 0.3) is 0 Å². The summed E-state index contributed by atoms with van der Waals surface area (Å²) < 4.78 is 30.1. The Morgan fingerprint density at radius 2 is 1.87 bits per heavy atom. The number of hydrogen-bond donors (Lipinski definition) is 1. The Labute approximate surface area is 181 Å². The van der Waals surface area contributed by atoms with Gasteiger partial charge in [0.25, 0.3) is 0 Å². The van der Waals surface area contributed by atoms with E-state index < -0.39 is 27.8 Å². The minimum atomic E-state index is -3.59. The molecule has 1 unspecified atom stereocenters. The van der Waals surface area contributed by atoms with Gasteiger partial charge in [-0.25, -0.2) is 8.42 Å². The van der Waals surface area contributed by atoms with Gasteiger partial charge in [0.2, 0.25) is 5.91 Å². The molecule has 2 aromatic rings. The van der Waals surface area contributed by atoms with Gasteiger partial charge >= 0.3 is 5.97 Å². The first-order valence-corrected chi connectivity index (χ1v) is 11.8. The van der Waals surface area contributed by atoms with Crippen molar-refractivity contribution in [2.24, 2.45) is 0 Å². The first-order valence-electron chi connectivity index (χ1n) is 9.75. The highest BCUT2D eigenvalue weighted by Gasteiger charge is 2.23. The summed E-state index contributed by atoms with van der Waals surface area (Å²) in [6, 6.07) is 11.3. The minimum absolute atomic E-state index is 0.108. The van der Waals surface area contributed by atoms with Crippen molar-refractivity contribution in [1.82, 2.24) is 5.32 Å². The Bertz CT molecular complexity index is 1050. The van der Waals surface area contributed by atoms with Crippen LogP contribution in [0.15, 0.2) is 47.4 Å². The van der Waals surface area contributed by atoms with Gasteiger partial charge in [0.05, 0.1) is 30.2 Å². The number of methoxy groups -OCH3 is 1. The van der Waals surface area contributed by atoms with Gasteiger partial charge < -0.3 is 10.1 Å². The van der Waals surface area contributed by atoms with E-state index in [4.69, 9.17) is 16.3 Å². The second-order valence-corrected chi connectivity index (χ2v) is 9.79. The number of sulfone groups is 1. The van der Waals surface area contributed by atoms with E-state index in [1.54, 1.807) is 36.4 Å². The minimum Gasteiger partial charge on any atom is -0.469 e. The maximum Gasteiger partial charge on any atom is 0.307 e. The average molecular weight is 450 g/mol. The highest BCUT2D eigenvalue weighted by Crippen LogP contribution is 2.27. The van der Waals surface area contributed by atoms with Gasteiger partial charge in [-0.1, -0.05) is 35.9 Å². The highest BCUT2D eigenvalue weighted by atomic mass is 35.5. The van der Waals surface area contributed by atoms with Crippen LogP contribution in [0, 0.1) is 0 Å². The number of ether oxygens (including phenoxy) is 1. The van der Waals surface area contributed by atoms with Crippen molar-refractivity contribution >= 4 is 33.3 Å². The van der Waals surface area contributed by atoms with Crippen molar-refractivity contribution < 1.29 is 22.7 Å². The number of aryl methyl sites for hydroxylation is 2. The van der Waals surface area contributed by atoms with E-state index in [1.165, 1.54) is 12.7 Å². The van der Waals surface area contributed by atoms with Crippen LogP contribution in [0.2, 0.25) is 5.02 Å². The number of amides is 1. The number of rotatable bonds is 8. The molecule has 2 aromatic carbocycles. The predicted molar refractivity (Wildman–Crippen MR) is 114 cm³/mol. The summed E-state index contributed by atoms with van der Waals surface area (Å²) in [4.78, 5) is 24.5. The van der Waals surface area contributed by atoms with E-state index >= 15 is 0 Å². The molecule has 8 heteroatoms. The fourth-order valence-corrected chi connectivity index (χ4v) is 5.15. The van der Waals surface area contributed by atoms with Crippen LogP contribution < -0.4 is 5.32 Å². The van der Waals surface area contributed by atoms with Crippen LogP contribution >= 0.6 is 11.6 Å². The number of esters is 1. The van der Waals surface area contributed by atoms with Gasteiger partial charge in [0.15, 0.2) is 9.84 Å². The summed E-state index contributed by atoms with van der Waals surface area (Å²) in [6.07, 6.45) is 2.56. The van der Waals surface area contributed by atoms with Crippen LogP contribution in [0.3, 0.4) is 0 Å². The number of fused-ring (bicyclic) bond motifs is 1. The third-order valence-corrected chi connectivity index (χ3v) is 7.30. The molecule has 1 amide bonds. The molecule has 160 valence electrons. The first-order chi connectivity index (χ1) is 14.3. The lowest BCUT2D eigenvalue weighted by molar-refractivity contribution is -0.141.